The van der Waals surface area contributed by atoms with Crippen LogP contribution in [0.3, 0.4) is 0 Å². The van der Waals surface area contributed by atoms with Gasteiger partial charge in [-0.2, -0.15) is 0 Å². The minimum Gasteiger partial charge on any atom is -0.657 e. The maximum atomic E-state index is 5.42. The summed E-state index contributed by atoms with van der Waals surface area (Å²) in [5, 5.41) is 0. The van der Waals surface area contributed by atoms with Crippen LogP contribution in [0.5, 0.6) is 0 Å². The number of nitrogens with zero attached hydrogens (tertiary/aromatic N) is 4. The molecule has 0 aliphatic carbocycles. The van der Waals surface area contributed by atoms with Crippen LogP contribution in [0.25, 0.3) is 90.9 Å². The van der Waals surface area contributed by atoms with Gasteiger partial charge in [-0.25, -0.2) is 9.97 Å². The molecule has 5 heterocycles. The molecule has 2 aliphatic heterocycles. The number of aromatic nitrogens is 4. The standard InChI is InChI=1S/C52H42N4Si.Zn/c1-33-7-15-37(16-8-33)49-41-23-25-43(53-41)50(38-17-9-34(2)10-18-38)45-27-29-47(55-45)52(40-21-13-36(14-22-40)31-32-57(4,5)6)48-30-28-46(56-48)51(44-26-24-42(49)54-44)39-19-11-35(3)12-20-39;/h7-30H,1-6H3;/q-2;+2. The van der Waals surface area contributed by atoms with Crippen LogP contribution in [0, 0.1) is 32.2 Å². The predicted molar refractivity (Wildman–Crippen MR) is 243 cm³/mol. The van der Waals surface area contributed by atoms with E-state index in [1.807, 2.05) is 0 Å². The number of rotatable bonds is 4. The van der Waals surface area contributed by atoms with Gasteiger partial charge in [0.1, 0.15) is 8.07 Å². The van der Waals surface area contributed by atoms with Gasteiger partial charge in [-0.1, -0.05) is 151 Å². The summed E-state index contributed by atoms with van der Waals surface area (Å²) in [7, 11) is -1.53. The van der Waals surface area contributed by atoms with Crippen LogP contribution in [-0.2, 0) is 19.5 Å². The number of hydrogen-bond donors (Lipinski definition) is 0. The summed E-state index contributed by atoms with van der Waals surface area (Å²) in [6.45, 7) is 13.1. The molecule has 4 nitrogen and oxygen atoms in total. The first-order chi connectivity index (χ1) is 27.6. The quantitative estimate of drug-likeness (QED) is 0.131. The molecule has 0 fully saturated rings. The van der Waals surface area contributed by atoms with E-state index in [0.29, 0.717) is 0 Å². The summed E-state index contributed by atoms with van der Waals surface area (Å²) in [6.07, 6.45) is 8.48. The minimum atomic E-state index is -1.53. The second-order valence-corrected chi connectivity index (χ2v) is 20.8. The van der Waals surface area contributed by atoms with Crippen molar-refractivity contribution < 1.29 is 19.5 Å². The molecule has 58 heavy (non-hydrogen) atoms. The molecule has 7 aromatic rings. The molecular weight excluding hydrogens is 774 g/mol. The molecule has 0 atom stereocenters. The molecule has 0 saturated heterocycles. The van der Waals surface area contributed by atoms with Crippen molar-refractivity contribution in [2.45, 2.75) is 40.4 Å². The van der Waals surface area contributed by atoms with Crippen LogP contribution >= 0.6 is 0 Å². The third-order valence-corrected chi connectivity index (χ3v) is 11.3. The molecule has 9 rings (SSSR count). The van der Waals surface area contributed by atoms with Gasteiger partial charge in [-0.15, -0.1) is 27.6 Å². The molecule has 0 spiro atoms. The SMILES string of the molecule is Cc1ccc(-c2c3nc(c(-c4ccc(C)cc4)c4ccc([n-]4)c(-c4ccc(C#C[Si](C)(C)C)cc4)c4nc(c(-c5ccc(C)cc5)c5ccc2[n-]5)C=C4)C=C3)cc1.[Zn+2]. The van der Waals surface area contributed by atoms with Crippen molar-refractivity contribution in [1.29, 1.82) is 0 Å². The Morgan fingerprint density at radius 3 is 0.948 bits per heavy atom. The Kier molecular flexibility index (Phi) is 10.5. The van der Waals surface area contributed by atoms with Gasteiger partial charge < -0.3 is 9.97 Å². The number of hydrogen-bond acceptors (Lipinski definition) is 2. The van der Waals surface area contributed by atoms with Gasteiger partial charge >= 0.3 is 19.5 Å². The van der Waals surface area contributed by atoms with Gasteiger partial charge in [0.25, 0.3) is 0 Å². The molecule has 0 saturated carbocycles. The number of aryl methyl sites for hydroxylation is 3. The Bertz CT molecular complexity index is 2940. The summed E-state index contributed by atoms with van der Waals surface area (Å²) >= 11 is 0. The average molecular weight is 816 g/mol. The molecule has 4 aromatic carbocycles. The first kappa shape index (κ1) is 38.7. The van der Waals surface area contributed by atoms with Gasteiger partial charge in [0.2, 0.25) is 0 Å². The topological polar surface area (TPSA) is 54.0 Å². The molecule has 0 N–H and O–H groups in total. The van der Waals surface area contributed by atoms with E-state index in [9.17, 15) is 0 Å². The Morgan fingerprint density at radius 1 is 0.397 bits per heavy atom. The molecular formula is C52H42N4SiZn. The Labute approximate surface area is 354 Å². The molecule has 276 valence electrons. The molecule has 2 aliphatic rings. The Hall–Kier alpha value is -6.12. The van der Waals surface area contributed by atoms with Crippen LogP contribution in [0.2, 0.25) is 19.6 Å². The molecule has 0 unspecified atom stereocenters. The predicted octanol–water partition coefficient (Wildman–Crippen LogP) is 12.7. The van der Waals surface area contributed by atoms with Gasteiger partial charge in [-0.3, -0.25) is 0 Å². The maximum absolute atomic E-state index is 5.42. The fourth-order valence-electron chi connectivity index (χ4n) is 7.41. The fourth-order valence-corrected chi connectivity index (χ4v) is 7.93. The monoisotopic (exact) mass is 814 g/mol. The van der Waals surface area contributed by atoms with Crippen molar-refractivity contribution in [3.05, 3.63) is 166 Å². The number of benzene rings is 4. The van der Waals surface area contributed by atoms with E-state index in [0.717, 1.165) is 94.9 Å². The van der Waals surface area contributed by atoms with E-state index in [-0.39, 0.29) is 19.5 Å². The van der Waals surface area contributed by atoms with E-state index in [1.54, 1.807) is 0 Å². The van der Waals surface area contributed by atoms with Crippen LogP contribution in [-0.4, -0.2) is 18.0 Å². The fraction of sp³-hybridized carbons (Fsp3) is 0.115. The average Bonchev–Trinajstić information content (AvgIpc) is 4.04. The number of fused-ring (bicyclic) bond motifs is 8. The first-order valence-electron chi connectivity index (χ1n) is 19.5. The van der Waals surface area contributed by atoms with E-state index in [1.165, 1.54) is 16.7 Å². The Morgan fingerprint density at radius 2 is 0.672 bits per heavy atom. The molecule has 3 aromatic heterocycles. The zero-order valence-electron chi connectivity index (χ0n) is 33.9. The van der Waals surface area contributed by atoms with Crippen molar-refractivity contribution in [2.24, 2.45) is 0 Å². The van der Waals surface area contributed by atoms with Crippen molar-refractivity contribution >= 4 is 54.4 Å². The first-order valence-corrected chi connectivity index (χ1v) is 23.0. The van der Waals surface area contributed by atoms with Crippen LogP contribution in [0.15, 0.2) is 121 Å². The zero-order chi connectivity index (χ0) is 39.3. The summed E-state index contributed by atoms with van der Waals surface area (Å²) in [4.78, 5) is 21.6. The molecule has 0 amide bonds. The molecule has 6 heteroatoms. The second-order valence-electron chi connectivity index (χ2n) is 16.0. The normalized spacial score (nSPS) is 11.9. The second kappa shape index (κ2) is 15.7. The van der Waals surface area contributed by atoms with Crippen molar-refractivity contribution in [1.82, 2.24) is 19.9 Å². The minimum absolute atomic E-state index is 0. The van der Waals surface area contributed by atoms with Crippen LogP contribution < -0.4 is 9.97 Å². The summed E-state index contributed by atoms with van der Waals surface area (Å²) in [5.74, 6) is 3.42. The van der Waals surface area contributed by atoms with E-state index in [2.05, 4.69) is 198 Å². The largest absolute Gasteiger partial charge is 2.00 e. The van der Waals surface area contributed by atoms with E-state index in [4.69, 9.17) is 19.9 Å². The van der Waals surface area contributed by atoms with E-state index >= 15 is 0 Å². The molecule has 8 bridgehead atoms. The maximum Gasteiger partial charge on any atom is 2.00 e. The summed E-state index contributed by atoms with van der Waals surface area (Å²) in [5.41, 5.74) is 23.0. The molecule has 0 radical (unpaired) electrons. The third kappa shape index (κ3) is 7.77. The summed E-state index contributed by atoms with van der Waals surface area (Å²) in [6, 6.07) is 42.9. The van der Waals surface area contributed by atoms with Crippen molar-refractivity contribution in [3.8, 4) is 56.0 Å². The van der Waals surface area contributed by atoms with Gasteiger partial charge in [0, 0.05) is 5.56 Å². The Balaban J connectivity index is 0.00000469. The van der Waals surface area contributed by atoms with Crippen LogP contribution in [0.1, 0.15) is 45.0 Å². The van der Waals surface area contributed by atoms with Crippen molar-refractivity contribution in [2.75, 3.05) is 0 Å². The zero-order valence-corrected chi connectivity index (χ0v) is 37.8. The smallest absolute Gasteiger partial charge is 0.657 e. The van der Waals surface area contributed by atoms with Gasteiger partial charge in [0.05, 0.1) is 22.8 Å². The van der Waals surface area contributed by atoms with E-state index < -0.39 is 8.07 Å². The van der Waals surface area contributed by atoms with Gasteiger partial charge in [-0.05, 0) is 102 Å². The van der Waals surface area contributed by atoms with Gasteiger partial charge in [0.15, 0.2) is 0 Å². The third-order valence-electron chi connectivity index (χ3n) is 10.4. The summed E-state index contributed by atoms with van der Waals surface area (Å²) < 4.78 is 0. The van der Waals surface area contributed by atoms with Crippen molar-refractivity contribution in [3.63, 3.8) is 0 Å². The van der Waals surface area contributed by atoms with Crippen LogP contribution in [0.4, 0.5) is 0 Å².